The number of amides is 1. The number of hydrogen-bond acceptors (Lipinski definition) is 2. The van der Waals surface area contributed by atoms with Crippen LogP contribution in [0.2, 0.25) is 0 Å². The van der Waals surface area contributed by atoms with Gasteiger partial charge in [0.05, 0.1) is 11.4 Å². The molecular formula is C19H17N3O2. The zero-order valence-corrected chi connectivity index (χ0v) is 13.0. The highest BCUT2D eigenvalue weighted by Gasteiger charge is 2.21. The van der Waals surface area contributed by atoms with Crippen LogP contribution >= 0.6 is 0 Å². The van der Waals surface area contributed by atoms with E-state index in [9.17, 15) is 9.90 Å². The van der Waals surface area contributed by atoms with Crippen LogP contribution < -0.4 is 4.90 Å². The molecule has 2 N–H and O–H groups in total. The number of carbonyl (C=O) groups is 1. The third kappa shape index (κ3) is 3.05. The first-order valence-corrected chi connectivity index (χ1v) is 7.53. The fourth-order valence-corrected chi connectivity index (χ4v) is 2.49. The van der Waals surface area contributed by atoms with Crippen LogP contribution in [-0.4, -0.2) is 27.7 Å². The molecule has 120 valence electrons. The molecule has 0 saturated carbocycles. The van der Waals surface area contributed by atoms with Crippen LogP contribution in [-0.2, 0) is 0 Å². The third-order valence-corrected chi connectivity index (χ3v) is 3.60. The number of aromatic amines is 1. The molecule has 0 aliphatic carbocycles. The van der Waals surface area contributed by atoms with Gasteiger partial charge in [0.15, 0.2) is 0 Å². The van der Waals surface area contributed by atoms with Gasteiger partial charge < -0.3 is 10.1 Å². The molecule has 0 aliphatic heterocycles. The second kappa shape index (κ2) is 6.83. The molecule has 5 nitrogen and oxygen atoms in total. The number of rotatable bonds is 5. The lowest BCUT2D eigenvalue weighted by Crippen LogP contribution is -2.30. The minimum absolute atomic E-state index is 0.158. The number of benzene rings is 2. The van der Waals surface area contributed by atoms with E-state index in [2.05, 4.69) is 16.5 Å². The van der Waals surface area contributed by atoms with Gasteiger partial charge in [0.1, 0.15) is 0 Å². The Morgan fingerprint density at radius 3 is 2.21 bits per heavy atom. The summed E-state index contributed by atoms with van der Waals surface area (Å²) in [5, 5.41) is 9.42. The van der Waals surface area contributed by atoms with Crippen molar-refractivity contribution >= 4 is 12.0 Å². The molecule has 0 unspecified atom stereocenters. The van der Waals surface area contributed by atoms with Crippen molar-refractivity contribution in [2.24, 2.45) is 0 Å². The van der Waals surface area contributed by atoms with Gasteiger partial charge in [0.25, 0.3) is 0 Å². The van der Waals surface area contributed by atoms with Gasteiger partial charge in [-0.15, -0.1) is 6.58 Å². The van der Waals surface area contributed by atoms with Crippen LogP contribution in [0.25, 0.3) is 22.5 Å². The standard InChI is InChI=1S/C19H17N3O2/c1-2-13-22(19(23)24)18-20-16(14-9-5-3-6-10-14)17(21-18)15-11-7-4-8-12-15/h2-12H,1,13H2,(H,20,21)(H,23,24). The van der Waals surface area contributed by atoms with Crippen LogP contribution in [0.3, 0.4) is 0 Å². The topological polar surface area (TPSA) is 69.2 Å². The van der Waals surface area contributed by atoms with Crippen molar-refractivity contribution in [2.45, 2.75) is 0 Å². The van der Waals surface area contributed by atoms with E-state index in [1.165, 1.54) is 6.08 Å². The molecule has 0 spiro atoms. The molecule has 1 heterocycles. The first-order valence-electron chi connectivity index (χ1n) is 7.53. The molecule has 0 aliphatic rings. The van der Waals surface area contributed by atoms with E-state index < -0.39 is 6.09 Å². The van der Waals surface area contributed by atoms with Gasteiger partial charge in [0.2, 0.25) is 5.95 Å². The summed E-state index contributed by atoms with van der Waals surface area (Å²) in [6.45, 7) is 3.77. The Balaban J connectivity index is 2.16. The fourth-order valence-electron chi connectivity index (χ4n) is 2.49. The number of H-pyrrole nitrogens is 1. The molecule has 0 radical (unpaired) electrons. The van der Waals surface area contributed by atoms with Crippen LogP contribution in [0.1, 0.15) is 0 Å². The van der Waals surface area contributed by atoms with Crippen LogP contribution in [0.15, 0.2) is 73.3 Å². The Morgan fingerprint density at radius 1 is 1.08 bits per heavy atom. The monoisotopic (exact) mass is 319 g/mol. The highest BCUT2D eigenvalue weighted by atomic mass is 16.4. The third-order valence-electron chi connectivity index (χ3n) is 3.60. The van der Waals surface area contributed by atoms with Crippen molar-refractivity contribution in [3.05, 3.63) is 73.3 Å². The van der Waals surface area contributed by atoms with Gasteiger partial charge >= 0.3 is 6.09 Å². The van der Waals surface area contributed by atoms with E-state index in [0.717, 1.165) is 21.7 Å². The molecule has 3 rings (SSSR count). The zero-order valence-electron chi connectivity index (χ0n) is 13.0. The largest absolute Gasteiger partial charge is 0.465 e. The maximum atomic E-state index is 11.5. The summed E-state index contributed by atoms with van der Waals surface area (Å²) >= 11 is 0. The van der Waals surface area contributed by atoms with Crippen molar-refractivity contribution in [1.29, 1.82) is 0 Å². The van der Waals surface area contributed by atoms with E-state index in [0.29, 0.717) is 5.69 Å². The van der Waals surface area contributed by atoms with Crippen LogP contribution in [0.5, 0.6) is 0 Å². The molecule has 1 amide bonds. The van der Waals surface area contributed by atoms with Crippen molar-refractivity contribution in [1.82, 2.24) is 9.97 Å². The Bertz CT molecular complexity index is 785. The van der Waals surface area contributed by atoms with Gasteiger partial charge in [-0.05, 0) is 0 Å². The van der Waals surface area contributed by atoms with Crippen LogP contribution in [0.4, 0.5) is 10.7 Å². The van der Waals surface area contributed by atoms with Crippen molar-refractivity contribution in [3.63, 3.8) is 0 Å². The van der Waals surface area contributed by atoms with E-state index >= 15 is 0 Å². The average molecular weight is 319 g/mol. The molecule has 3 aromatic rings. The molecule has 2 aromatic carbocycles. The number of aromatic nitrogens is 2. The number of nitrogens with one attached hydrogen (secondary N) is 1. The minimum Gasteiger partial charge on any atom is -0.465 e. The lowest BCUT2D eigenvalue weighted by atomic mass is 10.1. The highest BCUT2D eigenvalue weighted by molar-refractivity contribution is 5.87. The molecule has 0 bridgehead atoms. The van der Waals surface area contributed by atoms with Gasteiger partial charge in [-0.3, -0.25) is 0 Å². The molecule has 0 fully saturated rings. The minimum atomic E-state index is -1.08. The van der Waals surface area contributed by atoms with Crippen molar-refractivity contribution in [2.75, 3.05) is 11.4 Å². The van der Waals surface area contributed by atoms with Gasteiger partial charge in [-0.2, -0.15) is 0 Å². The van der Waals surface area contributed by atoms with E-state index in [4.69, 9.17) is 0 Å². The lowest BCUT2D eigenvalue weighted by molar-refractivity contribution is 0.202. The van der Waals surface area contributed by atoms with Gasteiger partial charge in [-0.25, -0.2) is 14.7 Å². The van der Waals surface area contributed by atoms with Crippen LogP contribution in [0, 0.1) is 0 Å². The number of anilines is 1. The first kappa shape index (κ1) is 15.6. The summed E-state index contributed by atoms with van der Waals surface area (Å²) in [5.41, 5.74) is 3.36. The maximum absolute atomic E-state index is 11.5. The second-order valence-corrected chi connectivity index (χ2v) is 5.20. The number of carboxylic acid groups (broad SMARTS) is 1. The summed E-state index contributed by atoms with van der Waals surface area (Å²) in [7, 11) is 0. The van der Waals surface area contributed by atoms with E-state index in [1.807, 2.05) is 60.7 Å². The average Bonchev–Trinajstić information content (AvgIpc) is 3.06. The molecular weight excluding hydrogens is 302 g/mol. The highest BCUT2D eigenvalue weighted by Crippen LogP contribution is 2.32. The van der Waals surface area contributed by atoms with Gasteiger partial charge in [0, 0.05) is 17.7 Å². The molecule has 0 atom stereocenters. The van der Waals surface area contributed by atoms with Crippen molar-refractivity contribution in [3.8, 4) is 22.5 Å². The predicted molar refractivity (Wildman–Crippen MR) is 95.0 cm³/mol. The summed E-state index contributed by atoms with van der Waals surface area (Å²) in [5.74, 6) is 0.278. The molecule has 1 aromatic heterocycles. The quantitative estimate of drug-likeness (QED) is 0.684. The number of imidazole rings is 1. The normalized spacial score (nSPS) is 10.3. The Labute approximate surface area is 139 Å². The summed E-state index contributed by atoms with van der Waals surface area (Å²) in [6, 6.07) is 19.4. The summed E-state index contributed by atoms with van der Waals surface area (Å²) in [6.07, 6.45) is 0.448. The van der Waals surface area contributed by atoms with Gasteiger partial charge in [-0.1, -0.05) is 66.7 Å². The maximum Gasteiger partial charge on any atom is 0.414 e. The zero-order chi connectivity index (χ0) is 16.9. The first-order chi connectivity index (χ1) is 11.7. The molecule has 5 heteroatoms. The summed E-state index contributed by atoms with van der Waals surface area (Å²) < 4.78 is 0. The van der Waals surface area contributed by atoms with E-state index in [1.54, 1.807) is 0 Å². The smallest absolute Gasteiger partial charge is 0.414 e. The Hall–Kier alpha value is -3.34. The molecule has 24 heavy (non-hydrogen) atoms. The molecule has 0 saturated heterocycles. The Morgan fingerprint density at radius 2 is 1.67 bits per heavy atom. The summed E-state index contributed by atoms with van der Waals surface area (Å²) in [4.78, 5) is 20.3. The number of hydrogen-bond donors (Lipinski definition) is 2. The number of nitrogens with zero attached hydrogens (tertiary/aromatic N) is 2. The fraction of sp³-hybridized carbons (Fsp3) is 0.0526. The Kier molecular flexibility index (Phi) is 4.43. The van der Waals surface area contributed by atoms with E-state index in [-0.39, 0.29) is 12.5 Å². The lowest BCUT2D eigenvalue weighted by Gasteiger charge is -2.13. The predicted octanol–water partition coefficient (Wildman–Crippen LogP) is 4.41. The SMILES string of the molecule is C=CCN(C(=O)O)c1nc(-c2ccccc2)c(-c2ccccc2)[nH]1. The second-order valence-electron chi connectivity index (χ2n) is 5.20. The van der Waals surface area contributed by atoms with Crippen molar-refractivity contribution < 1.29 is 9.90 Å².